The predicted molar refractivity (Wildman–Crippen MR) is 101 cm³/mol. The normalized spacial score (nSPS) is 13.9. The van der Waals surface area contributed by atoms with Crippen LogP contribution in [0.2, 0.25) is 0 Å². The fourth-order valence-electron chi connectivity index (χ4n) is 3.22. The van der Waals surface area contributed by atoms with E-state index >= 15 is 0 Å². The molecule has 4 N–H and O–H groups in total. The molecule has 2 atom stereocenters. The van der Waals surface area contributed by atoms with Gasteiger partial charge in [-0.15, -0.1) is 0 Å². The van der Waals surface area contributed by atoms with E-state index in [1.165, 1.54) is 83.5 Å². The molecule has 0 aromatic heterocycles. The summed E-state index contributed by atoms with van der Waals surface area (Å²) < 4.78 is 0. The lowest BCUT2D eigenvalue weighted by Gasteiger charge is -2.16. The van der Waals surface area contributed by atoms with Crippen molar-refractivity contribution in [1.29, 1.82) is 0 Å². The number of hydrogen-bond acceptors (Lipinski definition) is 2. The second kappa shape index (κ2) is 16.3. The van der Waals surface area contributed by atoms with E-state index in [9.17, 15) is 4.79 Å². The maximum Gasteiger partial charge on any atom is 0.222 e. The molecule has 0 aromatic rings. The van der Waals surface area contributed by atoms with E-state index in [4.69, 9.17) is 11.5 Å². The Labute approximate surface area is 145 Å². The highest BCUT2D eigenvalue weighted by Crippen LogP contribution is 2.16. The lowest BCUT2D eigenvalue weighted by molar-refractivity contribution is -0.122. The van der Waals surface area contributed by atoms with Crippen molar-refractivity contribution >= 4 is 5.91 Å². The number of hydrogen-bond donors (Lipinski definition) is 2. The third-order valence-electron chi connectivity index (χ3n) is 4.87. The van der Waals surface area contributed by atoms with Crippen LogP contribution in [0, 0.1) is 5.92 Å². The fourth-order valence-corrected chi connectivity index (χ4v) is 3.22. The van der Waals surface area contributed by atoms with E-state index < -0.39 is 0 Å². The van der Waals surface area contributed by atoms with Gasteiger partial charge in [-0.05, 0) is 13.3 Å². The Bertz CT molecular complexity index is 266. The Balaban J connectivity index is 3.23. The van der Waals surface area contributed by atoms with Crippen molar-refractivity contribution in [2.75, 3.05) is 0 Å². The zero-order valence-electron chi connectivity index (χ0n) is 15.8. The van der Waals surface area contributed by atoms with Crippen molar-refractivity contribution < 1.29 is 4.79 Å². The monoisotopic (exact) mass is 326 g/mol. The molecule has 0 rings (SSSR count). The van der Waals surface area contributed by atoms with Crippen molar-refractivity contribution in [1.82, 2.24) is 0 Å². The molecule has 0 saturated heterocycles. The fraction of sp³-hybridized carbons (Fsp3) is 0.950. The number of rotatable bonds is 17. The van der Waals surface area contributed by atoms with Gasteiger partial charge < -0.3 is 11.5 Å². The van der Waals surface area contributed by atoms with Crippen LogP contribution in [-0.4, -0.2) is 11.9 Å². The molecule has 2 unspecified atom stereocenters. The summed E-state index contributed by atoms with van der Waals surface area (Å²) >= 11 is 0. The smallest absolute Gasteiger partial charge is 0.222 e. The minimum absolute atomic E-state index is 0.116. The standard InChI is InChI=1S/C20H42N2O/c1-3-4-5-6-7-8-9-10-11-12-13-14-15-16-17-19(18(2)21)20(22)23/h18-19H,3-17,21H2,1-2H3,(H2,22,23). The summed E-state index contributed by atoms with van der Waals surface area (Å²) in [6.07, 6.45) is 19.8. The van der Waals surface area contributed by atoms with Crippen LogP contribution >= 0.6 is 0 Å². The largest absolute Gasteiger partial charge is 0.369 e. The highest BCUT2D eigenvalue weighted by Gasteiger charge is 2.18. The maximum atomic E-state index is 11.2. The molecule has 3 nitrogen and oxygen atoms in total. The first-order valence-electron chi connectivity index (χ1n) is 10.1. The highest BCUT2D eigenvalue weighted by atomic mass is 16.1. The molecule has 0 aromatic carbocycles. The molecule has 0 fully saturated rings. The van der Waals surface area contributed by atoms with Gasteiger partial charge in [-0.1, -0.05) is 96.8 Å². The molecule has 1 amide bonds. The number of amides is 1. The number of carbonyl (C=O) groups is 1. The van der Waals surface area contributed by atoms with Crippen LogP contribution in [0.1, 0.15) is 110 Å². The van der Waals surface area contributed by atoms with Crippen LogP contribution < -0.4 is 11.5 Å². The van der Waals surface area contributed by atoms with Crippen molar-refractivity contribution in [2.45, 2.75) is 116 Å². The van der Waals surface area contributed by atoms with Gasteiger partial charge in [-0.3, -0.25) is 4.79 Å². The average molecular weight is 327 g/mol. The van der Waals surface area contributed by atoms with Crippen LogP contribution in [-0.2, 0) is 4.79 Å². The number of carbonyl (C=O) groups excluding carboxylic acids is 1. The summed E-state index contributed by atoms with van der Waals surface area (Å²) in [7, 11) is 0. The van der Waals surface area contributed by atoms with Crippen LogP contribution in [0.3, 0.4) is 0 Å². The second-order valence-corrected chi connectivity index (χ2v) is 7.25. The molecule has 0 bridgehead atoms. The Morgan fingerprint density at radius 1 is 0.739 bits per heavy atom. The van der Waals surface area contributed by atoms with Gasteiger partial charge in [-0.2, -0.15) is 0 Å². The molecular weight excluding hydrogens is 284 g/mol. The first-order chi connectivity index (χ1) is 11.1. The van der Waals surface area contributed by atoms with E-state index in [2.05, 4.69) is 6.92 Å². The van der Waals surface area contributed by atoms with E-state index in [0.717, 1.165) is 12.8 Å². The van der Waals surface area contributed by atoms with Gasteiger partial charge in [0.2, 0.25) is 5.91 Å². The summed E-state index contributed by atoms with van der Waals surface area (Å²) in [4.78, 5) is 11.2. The molecule has 0 spiro atoms. The maximum absolute atomic E-state index is 11.2. The Morgan fingerprint density at radius 2 is 1.09 bits per heavy atom. The second-order valence-electron chi connectivity index (χ2n) is 7.25. The summed E-state index contributed by atoms with van der Waals surface area (Å²) in [5.74, 6) is -0.387. The molecule has 0 heterocycles. The van der Waals surface area contributed by atoms with Crippen molar-refractivity contribution in [3.8, 4) is 0 Å². The molecule has 0 radical (unpaired) electrons. The van der Waals surface area contributed by atoms with E-state index in [1.807, 2.05) is 6.92 Å². The average Bonchev–Trinajstić information content (AvgIpc) is 2.50. The number of primary amides is 1. The molecule has 3 heteroatoms. The molecule has 0 aliphatic heterocycles. The predicted octanol–water partition coefficient (Wildman–Crippen LogP) is 5.31. The minimum Gasteiger partial charge on any atom is -0.369 e. The van der Waals surface area contributed by atoms with Crippen molar-refractivity contribution in [2.24, 2.45) is 17.4 Å². The van der Waals surface area contributed by atoms with Crippen LogP contribution in [0.25, 0.3) is 0 Å². The zero-order valence-corrected chi connectivity index (χ0v) is 15.8. The summed E-state index contributed by atoms with van der Waals surface area (Å²) in [5, 5.41) is 0. The van der Waals surface area contributed by atoms with Gasteiger partial charge in [0.05, 0.1) is 5.92 Å². The molecule has 23 heavy (non-hydrogen) atoms. The molecule has 0 aliphatic carbocycles. The zero-order chi connectivity index (χ0) is 17.3. The van der Waals surface area contributed by atoms with Gasteiger partial charge in [0, 0.05) is 6.04 Å². The van der Waals surface area contributed by atoms with Gasteiger partial charge >= 0.3 is 0 Å². The molecule has 0 aliphatic rings. The summed E-state index contributed by atoms with van der Waals surface area (Å²) in [6.45, 7) is 4.15. The topological polar surface area (TPSA) is 69.1 Å². The van der Waals surface area contributed by atoms with Gasteiger partial charge in [-0.25, -0.2) is 0 Å². The van der Waals surface area contributed by atoms with E-state index in [-0.39, 0.29) is 17.9 Å². The molecule has 138 valence electrons. The molecular formula is C20H42N2O. The third kappa shape index (κ3) is 14.7. The Hall–Kier alpha value is -0.570. The van der Waals surface area contributed by atoms with E-state index in [1.54, 1.807) is 0 Å². The Morgan fingerprint density at radius 3 is 1.39 bits per heavy atom. The first-order valence-corrected chi connectivity index (χ1v) is 10.1. The van der Waals surface area contributed by atoms with Gasteiger partial charge in [0.15, 0.2) is 0 Å². The van der Waals surface area contributed by atoms with Crippen molar-refractivity contribution in [3.05, 3.63) is 0 Å². The molecule has 0 saturated carbocycles. The lowest BCUT2D eigenvalue weighted by Crippen LogP contribution is -2.37. The number of nitrogens with two attached hydrogens (primary N) is 2. The highest BCUT2D eigenvalue weighted by molar-refractivity contribution is 5.77. The first kappa shape index (κ1) is 22.4. The van der Waals surface area contributed by atoms with Crippen LogP contribution in [0.5, 0.6) is 0 Å². The lowest BCUT2D eigenvalue weighted by atomic mass is 9.94. The minimum atomic E-state index is -0.241. The summed E-state index contributed by atoms with van der Waals surface area (Å²) in [6, 6.07) is -0.116. The SMILES string of the molecule is CCCCCCCCCCCCCCCCC(C(N)=O)C(C)N. The van der Waals surface area contributed by atoms with Gasteiger partial charge in [0.1, 0.15) is 0 Å². The van der Waals surface area contributed by atoms with E-state index in [0.29, 0.717) is 0 Å². The van der Waals surface area contributed by atoms with Crippen LogP contribution in [0.15, 0.2) is 0 Å². The van der Waals surface area contributed by atoms with Gasteiger partial charge in [0.25, 0.3) is 0 Å². The summed E-state index contributed by atoms with van der Waals surface area (Å²) in [5.41, 5.74) is 11.2. The van der Waals surface area contributed by atoms with Crippen molar-refractivity contribution in [3.63, 3.8) is 0 Å². The number of unbranched alkanes of at least 4 members (excludes halogenated alkanes) is 13. The quantitative estimate of drug-likeness (QED) is 0.356. The third-order valence-corrected chi connectivity index (χ3v) is 4.87. The Kier molecular flexibility index (Phi) is 15.9. The van der Waals surface area contributed by atoms with Crippen LogP contribution in [0.4, 0.5) is 0 Å².